The molecule has 0 spiro atoms. The second kappa shape index (κ2) is 7.22. The first kappa shape index (κ1) is 16.2. The molecule has 2 nitrogen and oxygen atoms in total. The van der Waals surface area contributed by atoms with E-state index in [0.29, 0.717) is 0 Å². The molecular formula is C15H20F4N2. The minimum absolute atomic E-state index is 0.0475. The molecule has 1 aliphatic rings. The first-order valence-corrected chi connectivity index (χ1v) is 7.19. The van der Waals surface area contributed by atoms with Gasteiger partial charge in [0.15, 0.2) is 0 Å². The molecule has 1 fully saturated rings. The Morgan fingerprint density at radius 1 is 1.10 bits per heavy atom. The number of alkyl halides is 3. The van der Waals surface area contributed by atoms with E-state index in [4.69, 9.17) is 0 Å². The molecule has 0 atom stereocenters. The van der Waals surface area contributed by atoms with Crippen LogP contribution in [0.4, 0.5) is 17.6 Å². The third-order valence-electron chi connectivity index (χ3n) is 3.81. The van der Waals surface area contributed by atoms with E-state index in [1.165, 1.54) is 12.1 Å². The molecule has 0 aromatic heterocycles. The Hall–Kier alpha value is -1.14. The number of benzene rings is 1. The van der Waals surface area contributed by atoms with Crippen LogP contribution < -0.4 is 5.32 Å². The van der Waals surface area contributed by atoms with Gasteiger partial charge in [0, 0.05) is 12.6 Å². The molecule has 0 aliphatic carbocycles. The van der Waals surface area contributed by atoms with E-state index < -0.39 is 12.7 Å². The van der Waals surface area contributed by atoms with Gasteiger partial charge in [0.05, 0.1) is 6.54 Å². The average molecular weight is 304 g/mol. The van der Waals surface area contributed by atoms with Crippen molar-refractivity contribution in [3.05, 3.63) is 35.6 Å². The molecule has 6 heteroatoms. The van der Waals surface area contributed by atoms with Gasteiger partial charge in [-0.2, -0.15) is 13.2 Å². The Morgan fingerprint density at radius 2 is 1.71 bits per heavy atom. The van der Waals surface area contributed by atoms with Crippen molar-refractivity contribution in [1.82, 2.24) is 10.2 Å². The van der Waals surface area contributed by atoms with Crippen LogP contribution in [-0.2, 0) is 6.42 Å². The van der Waals surface area contributed by atoms with Crippen molar-refractivity contribution in [2.24, 2.45) is 0 Å². The Morgan fingerprint density at radius 3 is 2.29 bits per heavy atom. The van der Waals surface area contributed by atoms with E-state index in [0.717, 1.165) is 44.5 Å². The highest BCUT2D eigenvalue weighted by molar-refractivity contribution is 5.16. The van der Waals surface area contributed by atoms with E-state index in [2.05, 4.69) is 10.2 Å². The van der Waals surface area contributed by atoms with E-state index in [1.807, 2.05) is 0 Å². The summed E-state index contributed by atoms with van der Waals surface area (Å²) in [7, 11) is 0. The number of nitrogens with zero attached hydrogens (tertiary/aromatic N) is 1. The van der Waals surface area contributed by atoms with Crippen molar-refractivity contribution in [3.63, 3.8) is 0 Å². The Labute approximate surface area is 122 Å². The topological polar surface area (TPSA) is 15.3 Å². The highest BCUT2D eigenvalue weighted by Crippen LogP contribution is 2.16. The lowest BCUT2D eigenvalue weighted by atomic mass is 10.0. The predicted molar refractivity (Wildman–Crippen MR) is 73.6 cm³/mol. The quantitative estimate of drug-likeness (QED) is 0.841. The number of nitrogens with one attached hydrogen (secondary N) is 1. The normalized spacial score (nSPS) is 18.1. The summed E-state index contributed by atoms with van der Waals surface area (Å²) < 4.78 is 49.2. The van der Waals surface area contributed by atoms with Gasteiger partial charge in [-0.05, 0) is 50.0 Å². The third kappa shape index (κ3) is 6.01. The molecule has 1 aromatic carbocycles. The summed E-state index contributed by atoms with van der Waals surface area (Å²) in [5, 5.41) is 2.57. The van der Waals surface area contributed by atoms with Crippen LogP contribution in [0.15, 0.2) is 24.3 Å². The van der Waals surface area contributed by atoms with Crippen LogP contribution in [0, 0.1) is 5.82 Å². The fourth-order valence-corrected chi connectivity index (χ4v) is 2.56. The van der Waals surface area contributed by atoms with Gasteiger partial charge in [0.1, 0.15) is 5.82 Å². The minimum atomic E-state index is -4.14. The molecule has 1 saturated heterocycles. The molecule has 0 bridgehead atoms. The van der Waals surface area contributed by atoms with Gasteiger partial charge >= 0.3 is 6.18 Å². The number of halogens is 4. The summed E-state index contributed by atoms with van der Waals surface area (Å²) in [6.45, 7) is 1.55. The lowest BCUT2D eigenvalue weighted by molar-refractivity contribution is -0.126. The van der Waals surface area contributed by atoms with Crippen LogP contribution in [0.2, 0.25) is 0 Å². The van der Waals surface area contributed by atoms with E-state index in [9.17, 15) is 17.6 Å². The molecule has 1 aromatic rings. The van der Waals surface area contributed by atoms with Crippen molar-refractivity contribution < 1.29 is 17.6 Å². The van der Waals surface area contributed by atoms with Gasteiger partial charge in [-0.25, -0.2) is 4.39 Å². The van der Waals surface area contributed by atoms with Crippen LogP contribution in [0.3, 0.4) is 0 Å². The zero-order chi connectivity index (χ0) is 15.3. The van der Waals surface area contributed by atoms with Crippen LogP contribution in [0.1, 0.15) is 18.4 Å². The van der Waals surface area contributed by atoms with Crippen molar-refractivity contribution in [3.8, 4) is 0 Å². The van der Waals surface area contributed by atoms with Gasteiger partial charge in [-0.1, -0.05) is 12.1 Å². The molecule has 1 N–H and O–H groups in total. The third-order valence-corrected chi connectivity index (χ3v) is 3.81. The summed E-state index contributed by atoms with van der Waals surface area (Å²) in [6, 6.07) is 6.39. The van der Waals surface area contributed by atoms with E-state index >= 15 is 0 Å². The molecule has 0 unspecified atom stereocenters. The molecule has 118 valence electrons. The Kier molecular flexibility index (Phi) is 5.58. The molecule has 0 radical (unpaired) electrons. The average Bonchev–Trinajstić information content (AvgIpc) is 2.45. The number of hydrogen-bond donors (Lipinski definition) is 1. The lowest BCUT2D eigenvalue weighted by Crippen LogP contribution is -2.45. The van der Waals surface area contributed by atoms with Crippen molar-refractivity contribution >= 4 is 0 Å². The maximum atomic E-state index is 12.8. The monoisotopic (exact) mass is 304 g/mol. The number of piperidine rings is 1. The van der Waals surface area contributed by atoms with Crippen LogP contribution >= 0.6 is 0 Å². The predicted octanol–water partition coefficient (Wildman–Crippen LogP) is 2.98. The molecule has 0 amide bonds. The van der Waals surface area contributed by atoms with Crippen LogP contribution in [0.5, 0.6) is 0 Å². The summed E-state index contributed by atoms with van der Waals surface area (Å²) in [6.07, 6.45) is -1.83. The molecule has 1 heterocycles. The van der Waals surface area contributed by atoms with Crippen LogP contribution in [-0.4, -0.2) is 43.3 Å². The summed E-state index contributed by atoms with van der Waals surface area (Å²) in [5.74, 6) is -0.240. The lowest BCUT2D eigenvalue weighted by Gasteiger charge is -2.32. The Bertz CT molecular complexity index is 422. The summed E-state index contributed by atoms with van der Waals surface area (Å²) in [5.41, 5.74) is 1.08. The second-order valence-corrected chi connectivity index (χ2v) is 5.49. The zero-order valence-corrected chi connectivity index (χ0v) is 11.8. The summed E-state index contributed by atoms with van der Waals surface area (Å²) in [4.78, 5) is 2.25. The van der Waals surface area contributed by atoms with E-state index in [1.54, 1.807) is 12.1 Å². The highest BCUT2D eigenvalue weighted by atomic mass is 19.4. The standard InChI is InChI=1S/C15H20F4N2/c16-13-3-1-12(2-4-13)5-8-21-9-6-14(7-10-21)20-11-15(17,18)19/h1-4,14,20H,5-11H2. The van der Waals surface area contributed by atoms with Gasteiger partial charge < -0.3 is 10.2 Å². The smallest absolute Gasteiger partial charge is 0.306 e. The number of hydrogen-bond acceptors (Lipinski definition) is 2. The fraction of sp³-hybridized carbons (Fsp3) is 0.600. The van der Waals surface area contributed by atoms with Crippen molar-refractivity contribution in [2.75, 3.05) is 26.2 Å². The maximum Gasteiger partial charge on any atom is 0.401 e. The molecule has 21 heavy (non-hydrogen) atoms. The maximum absolute atomic E-state index is 12.8. The minimum Gasteiger partial charge on any atom is -0.306 e. The van der Waals surface area contributed by atoms with E-state index in [-0.39, 0.29) is 11.9 Å². The zero-order valence-electron chi connectivity index (χ0n) is 11.8. The highest BCUT2D eigenvalue weighted by Gasteiger charge is 2.29. The van der Waals surface area contributed by atoms with Gasteiger partial charge in [0.25, 0.3) is 0 Å². The number of likely N-dealkylation sites (tertiary alicyclic amines) is 1. The Balaban J connectivity index is 1.66. The fourth-order valence-electron chi connectivity index (χ4n) is 2.56. The van der Waals surface area contributed by atoms with Crippen molar-refractivity contribution in [2.45, 2.75) is 31.5 Å². The molecule has 1 aliphatic heterocycles. The largest absolute Gasteiger partial charge is 0.401 e. The SMILES string of the molecule is Fc1ccc(CCN2CCC(NCC(F)(F)F)CC2)cc1. The first-order valence-electron chi connectivity index (χ1n) is 7.19. The first-order chi connectivity index (χ1) is 9.92. The molecule has 0 saturated carbocycles. The van der Waals surface area contributed by atoms with Gasteiger partial charge in [0.2, 0.25) is 0 Å². The van der Waals surface area contributed by atoms with Gasteiger partial charge in [-0.15, -0.1) is 0 Å². The van der Waals surface area contributed by atoms with Crippen molar-refractivity contribution in [1.29, 1.82) is 0 Å². The molecule has 2 rings (SSSR count). The molecular weight excluding hydrogens is 284 g/mol. The van der Waals surface area contributed by atoms with Crippen LogP contribution in [0.25, 0.3) is 0 Å². The van der Waals surface area contributed by atoms with Gasteiger partial charge in [-0.3, -0.25) is 0 Å². The second-order valence-electron chi connectivity index (χ2n) is 5.49. The number of rotatable bonds is 5. The summed E-state index contributed by atoms with van der Waals surface area (Å²) >= 11 is 0.